The van der Waals surface area contributed by atoms with Crippen LogP contribution in [0.25, 0.3) is 0 Å². The lowest BCUT2D eigenvalue weighted by Crippen LogP contribution is -2.48. The highest BCUT2D eigenvalue weighted by Crippen LogP contribution is 2.08. The minimum absolute atomic E-state index is 0.250. The third-order valence-electron chi connectivity index (χ3n) is 2.54. The van der Waals surface area contributed by atoms with Gasteiger partial charge in [-0.1, -0.05) is 30.3 Å². The van der Waals surface area contributed by atoms with E-state index >= 15 is 0 Å². The van der Waals surface area contributed by atoms with Crippen LogP contribution in [0, 0.1) is 0 Å². The summed E-state index contributed by atoms with van der Waals surface area (Å²) >= 11 is 0. The van der Waals surface area contributed by atoms with Crippen LogP contribution in [-0.2, 0) is 16.0 Å². The molecule has 2 amide bonds. The molecule has 0 fully saturated rings. The Morgan fingerprint density at radius 3 is 2.30 bits per heavy atom. The first-order valence-electron chi connectivity index (χ1n) is 6.57. The Balaban J connectivity index is 2.70. The maximum atomic E-state index is 11.8. The monoisotopic (exact) mass is 278 g/mol. The van der Waals surface area contributed by atoms with Gasteiger partial charge in [0.2, 0.25) is 5.91 Å². The average Bonchev–Trinajstić information content (AvgIpc) is 2.36. The highest BCUT2D eigenvalue weighted by molar-refractivity contribution is 5.85. The van der Waals surface area contributed by atoms with E-state index in [2.05, 4.69) is 10.6 Å². The second-order valence-corrected chi connectivity index (χ2v) is 5.50. The molecule has 0 bridgehead atoms. The molecule has 0 aliphatic rings. The van der Waals surface area contributed by atoms with Gasteiger partial charge in [0.1, 0.15) is 11.6 Å². The van der Waals surface area contributed by atoms with Crippen molar-refractivity contribution in [2.24, 2.45) is 0 Å². The molecule has 1 aromatic rings. The van der Waals surface area contributed by atoms with Crippen molar-refractivity contribution in [3.63, 3.8) is 0 Å². The molecule has 5 heteroatoms. The number of ether oxygens (including phenoxy) is 1. The Bertz CT molecular complexity index is 452. The minimum atomic E-state index is -0.655. The van der Waals surface area contributed by atoms with E-state index in [1.807, 2.05) is 30.3 Å². The van der Waals surface area contributed by atoms with Gasteiger partial charge in [-0.25, -0.2) is 4.79 Å². The van der Waals surface area contributed by atoms with E-state index in [9.17, 15) is 9.59 Å². The van der Waals surface area contributed by atoms with Gasteiger partial charge in [-0.15, -0.1) is 0 Å². The highest BCUT2D eigenvalue weighted by atomic mass is 16.6. The summed E-state index contributed by atoms with van der Waals surface area (Å²) < 4.78 is 5.17. The van der Waals surface area contributed by atoms with Crippen LogP contribution in [0.1, 0.15) is 26.3 Å². The van der Waals surface area contributed by atoms with Gasteiger partial charge in [0.15, 0.2) is 0 Å². The molecule has 110 valence electrons. The summed E-state index contributed by atoms with van der Waals surface area (Å²) in [5.41, 5.74) is 0.376. The molecule has 0 saturated heterocycles. The Morgan fingerprint density at radius 1 is 1.20 bits per heavy atom. The van der Waals surface area contributed by atoms with E-state index < -0.39 is 17.7 Å². The standard InChI is InChI=1S/C15H22N2O3/c1-15(2,3)20-14(19)17-12(13(18)16-4)10-11-8-6-5-7-9-11/h5-9,12H,10H2,1-4H3,(H,16,18)(H,17,19)/t12-/m0/s1. The van der Waals surface area contributed by atoms with Crippen molar-refractivity contribution < 1.29 is 14.3 Å². The van der Waals surface area contributed by atoms with E-state index in [1.54, 1.807) is 20.8 Å². The fourth-order valence-electron chi connectivity index (χ4n) is 1.68. The maximum absolute atomic E-state index is 11.8. The Morgan fingerprint density at radius 2 is 1.80 bits per heavy atom. The van der Waals surface area contributed by atoms with Gasteiger partial charge in [0.05, 0.1) is 0 Å². The molecular weight excluding hydrogens is 256 g/mol. The summed E-state index contributed by atoms with van der Waals surface area (Å²) in [4.78, 5) is 23.6. The lowest BCUT2D eigenvalue weighted by atomic mass is 10.1. The number of carbonyl (C=O) groups excluding carboxylic acids is 2. The quantitative estimate of drug-likeness (QED) is 0.883. The van der Waals surface area contributed by atoms with Crippen molar-refractivity contribution in [1.82, 2.24) is 10.6 Å². The van der Waals surface area contributed by atoms with Crippen molar-refractivity contribution in [2.45, 2.75) is 38.8 Å². The second-order valence-electron chi connectivity index (χ2n) is 5.50. The molecule has 0 radical (unpaired) electrons. The zero-order valence-electron chi connectivity index (χ0n) is 12.4. The van der Waals surface area contributed by atoms with E-state index in [4.69, 9.17) is 4.74 Å². The van der Waals surface area contributed by atoms with Gasteiger partial charge in [-0.2, -0.15) is 0 Å². The smallest absolute Gasteiger partial charge is 0.408 e. The molecule has 20 heavy (non-hydrogen) atoms. The Labute approximate surface area is 119 Å². The maximum Gasteiger partial charge on any atom is 0.408 e. The van der Waals surface area contributed by atoms with Crippen LogP contribution in [0.2, 0.25) is 0 Å². The van der Waals surface area contributed by atoms with Crippen molar-refractivity contribution in [2.75, 3.05) is 7.05 Å². The number of alkyl carbamates (subject to hydrolysis) is 1. The summed E-state index contributed by atoms with van der Waals surface area (Å²) in [6.07, 6.45) is -0.179. The predicted octanol–water partition coefficient (Wildman–Crippen LogP) is 1.87. The van der Waals surface area contributed by atoms with Crippen molar-refractivity contribution in [3.8, 4) is 0 Å². The summed E-state index contributed by atoms with van der Waals surface area (Å²) in [5, 5.41) is 5.14. The first-order chi connectivity index (χ1) is 9.31. The van der Waals surface area contributed by atoms with E-state index in [0.717, 1.165) is 5.56 Å². The molecule has 1 atom stereocenters. The van der Waals surface area contributed by atoms with E-state index in [1.165, 1.54) is 7.05 Å². The number of carbonyl (C=O) groups is 2. The molecule has 0 aliphatic carbocycles. The first-order valence-corrected chi connectivity index (χ1v) is 6.57. The zero-order chi connectivity index (χ0) is 15.2. The molecular formula is C15H22N2O3. The normalized spacial score (nSPS) is 12.4. The number of likely N-dealkylation sites (N-methyl/N-ethyl adjacent to an activating group) is 1. The second kappa shape index (κ2) is 6.93. The summed E-state index contributed by atoms with van der Waals surface area (Å²) in [6, 6.07) is 8.85. The van der Waals surface area contributed by atoms with Gasteiger partial charge in [-0.05, 0) is 26.3 Å². The molecule has 0 saturated carbocycles. The fraction of sp³-hybridized carbons (Fsp3) is 0.467. The van der Waals surface area contributed by atoms with Crippen molar-refractivity contribution >= 4 is 12.0 Å². The lowest BCUT2D eigenvalue weighted by molar-refractivity contribution is -0.122. The largest absolute Gasteiger partial charge is 0.444 e. The predicted molar refractivity (Wildman–Crippen MR) is 77.4 cm³/mol. The number of benzene rings is 1. The highest BCUT2D eigenvalue weighted by Gasteiger charge is 2.23. The van der Waals surface area contributed by atoms with Gasteiger partial charge in [0.25, 0.3) is 0 Å². The first kappa shape index (κ1) is 16.0. The molecule has 0 unspecified atom stereocenters. The SMILES string of the molecule is CNC(=O)[C@H](Cc1ccccc1)NC(=O)OC(C)(C)C. The van der Waals surface area contributed by atoms with Gasteiger partial charge >= 0.3 is 6.09 Å². The summed E-state index contributed by atoms with van der Waals surface area (Å²) in [6.45, 7) is 5.33. The summed E-state index contributed by atoms with van der Waals surface area (Å²) in [7, 11) is 1.54. The third-order valence-corrected chi connectivity index (χ3v) is 2.54. The third kappa shape index (κ3) is 5.73. The minimum Gasteiger partial charge on any atom is -0.444 e. The molecule has 0 heterocycles. The van der Waals surface area contributed by atoms with Crippen LogP contribution < -0.4 is 10.6 Å². The molecule has 0 aliphatic heterocycles. The molecule has 2 N–H and O–H groups in total. The number of rotatable bonds is 4. The van der Waals surface area contributed by atoms with Crippen LogP contribution in [0.3, 0.4) is 0 Å². The number of hydrogen-bond donors (Lipinski definition) is 2. The molecule has 5 nitrogen and oxygen atoms in total. The molecule has 0 aromatic heterocycles. The lowest BCUT2D eigenvalue weighted by Gasteiger charge is -2.23. The average molecular weight is 278 g/mol. The van der Waals surface area contributed by atoms with Crippen molar-refractivity contribution in [1.29, 1.82) is 0 Å². The summed E-state index contributed by atoms with van der Waals surface area (Å²) in [5.74, 6) is -0.250. The van der Waals surface area contributed by atoms with Gasteiger partial charge in [0, 0.05) is 13.5 Å². The van der Waals surface area contributed by atoms with Crippen LogP contribution in [-0.4, -0.2) is 30.7 Å². The van der Waals surface area contributed by atoms with Gasteiger partial charge in [-0.3, -0.25) is 4.79 Å². The molecule has 1 aromatic carbocycles. The molecule has 1 rings (SSSR count). The van der Waals surface area contributed by atoms with Crippen LogP contribution in [0.15, 0.2) is 30.3 Å². The Hall–Kier alpha value is -2.04. The zero-order valence-corrected chi connectivity index (χ0v) is 12.4. The van der Waals surface area contributed by atoms with E-state index in [0.29, 0.717) is 6.42 Å². The topological polar surface area (TPSA) is 67.4 Å². The van der Waals surface area contributed by atoms with Crippen LogP contribution in [0.5, 0.6) is 0 Å². The number of hydrogen-bond acceptors (Lipinski definition) is 3. The van der Waals surface area contributed by atoms with E-state index in [-0.39, 0.29) is 5.91 Å². The van der Waals surface area contributed by atoms with Crippen molar-refractivity contribution in [3.05, 3.63) is 35.9 Å². The van der Waals surface area contributed by atoms with Crippen LogP contribution >= 0.6 is 0 Å². The van der Waals surface area contributed by atoms with Crippen LogP contribution in [0.4, 0.5) is 4.79 Å². The van der Waals surface area contributed by atoms with Gasteiger partial charge < -0.3 is 15.4 Å². The number of nitrogens with one attached hydrogen (secondary N) is 2. The Kier molecular flexibility index (Phi) is 5.55. The number of amides is 2. The molecule has 0 spiro atoms. The fourth-order valence-corrected chi connectivity index (χ4v) is 1.68.